The number of hydrogen-bond donors (Lipinski definition) is 4. The van der Waals surface area contributed by atoms with Crippen LogP contribution in [-0.2, 0) is 14.4 Å². The van der Waals surface area contributed by atoms with Gasteiger partial charge in [0.1, 0.15) is 0 Å². The molecule has 5 N–H and O–H groups in total. The fourth-order valence-electron chi connectivity index (χ4n) is 1.95. The Morgan fingerprint density at radius 2 is 2.08 bits per heavy atom. The number of benzene rings is 1. The van der Waals surface area contributed by atoms with E-state index in [0.717, 1.165) is 17.0 Å². The largest absolute Gasteiger partial charge is 0.388 e. The number of rotatable bonds is 5. The normalized spacial score (nSPS) is 14.9. The second kappa shape index (κ2) is 13.6. The minimum atomic E-state index is -0.729. The van der Waals surface area contributed by atoms with Crippen molar-refractivity contribution in [2.45, 2.75) is 32.8 Å². The average molecular weight is 350 g/mol. The SMILES string of the molecule is CC.CNc1ccccc1/C=C/CC1=NOC(C(=O)NO)C1.NC=O. The van der Waals surface area contributed by atoms with Gasteiger partial charge in [0.05, 0.1) is 5.71 Å². The van der Waals surface area contributed by atoms with Crippen LogP contribution in [-0.4, -0.2) is 36.4 Å². The van der Waals surface area contributed by atoms with Crippen molar-refractivity contribution in [1.82, 2.24) is 5.48 Å². The number of carbonyl (C=O) groups is 2. The number of allylic oxidation sites excluding steroid dienone is 1. The minimum absolute atomic E-state index is 0.250. The summed E-state index contributed by atoms with van der Waals surface area (Å²) in [6.07, 6.45) is 4.48. The van der Waals surface area contributed by atoms with Gasteiger partial charge in [-0.1, -0.05) is 49.4 Å². The summed E-state index contributed by atoms with van der Waals surface area (Å²) in [5.74, 6) is -0.576. The summed E-state index contributed by atoms with van der Waals surface area (Å²) < 4.78 is 0. The third kappa shape index (κ3) is 7.98. The summed E-state index contributed by atoms with van der Waals surface area (Å²) in [5.41, 5.74) is 8.63. The highest BCUT2D eigenvalue weighted by atomic mass is 16.6. The van der Waals surface area contributed by atoms with Gasteiger partial charge in [-0.15, -0.1) is 0 Å². The van der Waals surface area contributed by atoms with E-state index in [1.165, 1.54) is 0 Å². The quantitative estimate of drug-likeness (QED) is 0.367. The van der Waals surface area contributed by atoms with Crippen LogP contribution >= 0.6 is 0 Å². The van der Waals surface area contributed by atoms with Crippen molar-refractivity contribution < 1.29 is 19.6 Å². The van der Waals surface area contributed by atoms with E-state index in [9.17, 15) is 4.79 Å². The molecule has 0 saturated carbocycles. The fraction of sp³-hybridized carbons (Fsp3) is 0.353. The van der Waals surface area contributed by atoms with Crippen LogP contribution in [0.2, 0.25) is 0 Å². The zero-order chi connectivity index (χ0) is 19.1. The van der Waals surface area contributed by atoms with Gasteiger partial charge in [0.2, 0.25) is 12.5 Å². The van der Waals surface area contributed by atoms with Crippen molar-refractivity contribution in [1.29, 1.82) is 0 Å². The summed E-state index contributed by atoms with van der Waals surface area (Å²) in [6.45, 7) is 4.00. The van der Waals surface area contributed by atoms with E-state index in [1.54, 1.807) is 5.48 Å². The van der Waals surface area contributed by atoms with E-state index in [-0.39, 0.29) is 6.41 Å². The van der Waals surface area contributed by atoms with Crippen molar-refractivity contribution in [3.05, 3.63) is 35.9 Å². The van der Waals surface area contributed by atoms with Gasteiger partial charge in [0, 0.05) is 25.6 Å². The minimum Gasteiger partial charge on any atom is -0.388 e. The molecular formula is C17H26N4O4. The Bertz CT molecular complexity index is 588. The topological polar surface area (TPSA) is 126 Å². The van der Waals surface area contributed by atoms with Crippen LogP contribution in [0, 0.1) is 0 Å². The number of carbonyl (C=O) groups excluding carboxylic acids is 2. The third-order valence-corrected chi connectivity index (χ3v) is 3.01. The molecule has 138 valence electrons. The predicted octanol–water partition coefficient (Wildman–Crippen LogP) is 1.91. The number of nitrogens with zero attached hydrogens (tertiary/aromatic N) is 1. The summed E-state index contributed by atoms with van der Waals surface area (Å²) in [5, 5.41) is 15.5. The number of oxime groups is 1. The lowest BCUT2D eigenvalue weighted by atomic mass is 10.1. The maximum absolute atomic E-state index is 11.2. The van der Waals surface area contributed by atoms with Crippen molar-refractivity contribution in [3.63, 3.8) is 0 Å². The first-order valence-electron chi connectivity index (χ1n) is 7.90. The van der Waals surface area contributed by atoms with Gasteiger partial charge in [0.25, 0.3) is 5.91 Å². The molecule has 1 unspecified atom stereocenters. The van der Waals surface area contributed by atoms with Gasteiger partial charge in [0.15, 0.2) is 0 Å². The molecule has 0 aliphatic carbocycles. The zero-order valence-electron chi connectivity index (χ0n) is 14.7. The Hall–Kier alpha value is -2.87. The summed E-state index contributed by atoms with van der Waals surface area (Å²) in [6, 6.07) is 7.95. The van der Waals surface area contributed by atoms with E-state index < -0.39 is 12.0 Å². The standard InChI is InChI=1S/C14H17N3O3.C2H6.CH3NO/c1-15-12-8-3-2-5-10(12)6-4-7-11-9-13(20-17-11)14(18)16-19;1-2;2-1-3/h2-6,8,13,15,19H,7,9H2,1H3,(H,16,18);1-2H3;1H,(H2,2,3)/b6-4+;;. The third-order valence-electron chi connectivity index (χ3n) is 3.01. The molecule has 0 bridgehead atoms. The van der Waals surface area contributed by atoms with Gasteiger partial charge in [-0.05, 0) is 11.6 Å². The Morgan fingerprint density at radius 1 is 1.44 bits per heavy atom. The van der Waals surface area contributed by atoms with Crippen LogP contribution in [0.5, 0.6) is 0 Å². The number of anilines is 1. The monoisotopic (exact) mass is 350 g/mol. The van der Waals surface area contributed by atoms with Crippen molar-refractivity contribution in [2.24, 2.45) is 10.9 Å². The van der Waals surface area contributed by atoms with Gasteiger partial charge in [-0.3, -0.25) is 14.8 Å². The molecule has 0 radical (unpaired) electrons. The molecule has 0 fully saturated rings. The molecule has 1 aliphatic heterocycles. The first-order chi connectivity index (χ1) is 12.2. The lowest BCUT2D eigenvalue weighted by Crippen LogP contribution is -2.32. The van der Waals surface area contributed by atoms with E-state index in [1.807, 2.05) is 57.3 Å². The van der Waals surface area contributed by atoms with Gasteiger partial charge in [-0.25, -0.2) is 5.48 Å². The molecule has 8 nitrogen and oxygen atoms in total. The van der Waals surface area contributed by atoms with Crippen molar-refractivity contribution >= 4 is 29.8 Å². The molecule has 1 heterocycles. The Morgan fingerprint density at radius 3 is 2.68 bits per heavy atom. The molecule has 1 aliphatic rings. The lowest BCUT2D eigenvalue weighted by Gasteiger charge is -2.04. The highest BCUT2D eigenvalue weighted by molar-refractivity contribution is 5.93. The Labute approximate surface area is 147 Å². The number of nitrogens with two attached hydrogens (primary N) is 1. The van der Waals surface area contributed by atoms with Crippen molar-refractivity contribution in [3.8, 4) is 0 Å². The molecule has 0 spiro atoms. The van der Waals surface area contributed by atoms with E-state index in [0.29, 0.717) is 12.8 Å². The number of para-hydroxylation sites is 1. The molecule has 1 aromatic rings. The number of hydrogen-bond acceptors (Lipinski definition) is 6. The van der Waals surface area contributed by atoms with Crippen LogP contribution in [0.1, 0.15) is 32.3 Å². The van der Waals surface area contributed by atoms with E-state index in [2.05, 4.69) is 16.2 Å². The van der Waals surface area contributed by atoms with Crippen LogP contribution in [0.25, 0.3) is 6.08 Å². The Kier molecular flexibility index (Phi) is 12.0. The number of hydroxylamine groups is 1. The smallest absolute Gasteiger partial charge is 0.287 e. The molecule has 0 saturated heterocycles. The maximum Gasteiger partial charge on any atom is 0.287 e. The maximum atomic E-state index is 11.2. The van der Waals surface area contributed by atoms with E-state index in [4.69, 9.17) is 14.8 Å². The molecule has 0 aromatic heterocycles. The van der Waals surface area contributed by atoms with Crippen LogP contribution in [0.15, 0.2) is 35.5 Å². The number of amides is 2. The first-order valence-corrected chi connectivity index (χ1v) is 7.90. The molecule has 2 rings (SSSR count). The van der Waals surface area contributed by atoms with Gasteiger partial charge in [-0.2, -0.15) is 0 Å². The van der Waals surface area contributed by atoms with Crippen LogP contribution in [0.3, 0.4) is 0 Å². The molecule has 1 aromatic carbocycles. The zero-order valence-corrected chi connectivity index (χ0v) is 14.7. The molecule has 8 heteroatoms. The Balaban J connectivity index is 0.00000104. The molecule has 25 heavy (non-hydrogen) atoms. The molecule has 2 amide bonds. The summed E-state index contributed by atoms with van der Waals surface area (Å²) >= 11 is 0. The summed E-state index contributed by atoms with van der Waals surface area (Å²) in [4.78, 5) is 24.7. The van der Waals surface area contributed by atoms with E-state index >= 15 is 0 Å². The first kappa shape index (κ1) is 22.1. The molecule has 1 atom stereocenters. The van der Waals surface area contributed by atoms with Crippen LogP contribution < -0.4 is 16.5 Å². The highest BCUT2D eigenvalue weighted by Gasteiger charge is 2.26. The average Bonchev–Trinajstić information content (AvgIpc) is 3.13. The fourth-order valence-corrected chi connectivity index (χ4v) is 1.95. The molecular weight excluding hydrogens is 324 g/mol. The number of primary amides is 1. The highest BCUT2D eigenvalue weighted by Crippen LogP contribution is 2.17. The van der Waals surface area contributed by atoms with Crippen LogP contribution in [0.4, 0.5) is 5.69 Å². The second-order valence-electron chi connectivity index (χ2n) is 4.51. The second-order valence-corrected chi connectivity index (χ2v) is 4.51. The number of nitrogens with one attached hydrogen (secondary N) is 2. The summed E-state index contributed by atoms with van der Waals surface area (Å²) in [7, 11) is 1.87. The predicted molar refractivity (Wildman–Crippen MR) is 98.1 cm³/mol. The van der Waals surface area contributed by atoms with Gasteiger partial charge < -0.3 is 15.9 Å². The van der Waals surface area contributed by atoms with Crippen molar-refractivity contribution in [2.75, 3.05) is 12.4 Å². The van der Waals surface area contributed by atoms with Gasteiger partial charge >= 0.3 is 0 Å². The lowest BCUT2D eigenvalue weighted by molar-refractivity contribution is -0.139.